The molecule has 4 heteroatoms. The van der Waals surface area contributed by atoms with Crippen LogP contribution in [0.5, 0.6) is 0 Å². The third kappa shape index (κ3) is 4.91. The molecule has 0 aliphatic carbocycles. The van der Waals surface area contributed by atoms with Crippen molar-refractivity contribution >= 4 is 0 Å². The van der Waals surface area contributed by atoms with Crippen LogP contribution in [0.4, 0.5) is 0 Å². The number of hydrogen-bond acceptors (Lipinski definition) is 4. The van der Waals surface area contributed by atoms with Gasteiger partial charge in [0.2, 0.25) is 0 Å². The summed E-state index contributed by atoms with van der Waals surface area (Å²) in [6.07, 6.45) is 0. The molecule has 0 atom stereocenters. The molecule has 0 spiro atoms. The fraction of sp³-hybridized carbons (Fsp3) is 1.00. The summed E-state index contributed by atoms with van der Waals surface area (Å²) in [5.41, 5.74) is 0. The summed E-state index contributed by atoms with van der Waals surface area (Å²) < 4.78 is 10.3. The maximum atomic E-state index is 5.42. The quantitative estimate of drug-likeness (QED) is 0.561. The standard InChI is InChI=1S/C10H22N2O2/c1-11-3-5-12(6-4-11)7-8-14-10-9-13-2/h3-10H2,1-2H3. The zero-order chi connectivity index (χ0) is 10.2. The molecule has 84 valence electrons. The predicted octanol–water partition coefficient (Wildman–Crippen LogP) is -0.103. The van der Waals surface area contributed by atoms with Gasteiger partial charge in [0, 0.05) is 39.8 Å². The number of piperazine rings is 1. The van der Waals surface area contributed by atoms with Crippen molar-refractivity contribution in [1.29, 1.82) is 0 Å². The molecule has 14 heavy (non-hydrogen) atoms. The Balaban J connectivity index is 1.91. The molecular formula is C10H22N2O2. The van der Waals surface area contributed by atoms with Crippen molar-refractivity contribution < 1.29 is 9.47 Å². The van der Waals surface area contributed by atoms with E-state index in [1.807, 2.05) is 0 Å². The normalized spacial score (nSPS) is 20.1. The lowest BCUT2D eigenvalue weighted by Gasteiger charge is -2.32. The Morgan fingerprint density at radius 1 is 1.00 bits per heavy atom. The van der Waals surface area contributed by atoms with Crippen molar-refractivity contribution in [2.75, 3.05) is 66.7 Å². The highest BCUT2D eigenvalue weighted by Crippen LogP contribution is 1.98. The molecule has 0 N–H and O–H groups in total. The van der Waals surface area contributed by atoms with Gasteiger partial charge in [-0.25, -0.2) is 0 Å². The molecule has 0 unspecified atom stereocenters. The molecule has 0 saturated carbocycles. The SMILES string of the molecule is COCCOCCN1CCN(C)CC1. The van der Waals surface area contributed by atoms with Crippen molar-refractivity contribution in [3.05, 3.63) is 0 Å². The van der Waals surface area contributed by atoms with Crippen LogP contribution >= 0.6 is 0 Å². The smallest absolute Gasteiger partial charge is 0.0700 e. The second kappa shape index (κ2) is 7.17. The van der Waals surface area contributed by atoms with Crippen molar-refractivity contribution in [3.63, 3.8) is 0 Å². The Hall–Kier alpha value is -0.160. The predicted molar refractivity (Wildman–Crippen MR) is 56.6 cm³/mol. The van der Waals surface area contributed by atoms with Gasteiger partial charge in [0.1, 0.15) is 0 Å². The van der Waals surface area contributed by atoms with Gasteiger partial charge in [-0.1, -0.05) is 0 Å². The second-order valence-corrected chi connectivity index (χ2v) is 3.75. The largest absolute Gasteiger partial charge is 0.382 e. The number of likely N-dealkylation sites (N-methyl/N-ethyl adjacent to an activating group) is 1. The molecule has 4 nitrogen and oxygen atoms in total. The Kier molecular flexibility index (Phi) is 6.10. The van der Waals surface area contributed by atoms with Crippen LogP contribution in [0.3, 0.4) is 0 Å². The van der Waals surface area contributed by atoms with Gasteiger partial charge < -0.3 is 14.4 Å². The Bertz CT molecular complexity index is 136. The van der Waals surface area contributed by atoms with E-state index < -0.39 is 0 Å². The van der Waals surface area contributed by atoms with E-state index in [0.717, 1.165) is 13.2 Å². The molecule has 0 bridgehead atoms. The van der Waals surface area contributed by atoms with E-state index in [9.17, 15) is 0 Å². The van der Waals surface area contributed by atoms with E-state index in [4.69, 9.17) is 9.47 Å². The molecule has 1 rings (SSSR count). The van der Waals surface area contributed by atoms with Crippen LogP contribution in [0, 0.1) is 0 Å². The summed E-state index contributed by atoms with van der Waals surface area (Å²) in [6.45, 7) is 7.99. The number of hydrogen-bond donors (Lipinski definition) is 0. The molecule has 1 heterocycles. The Morgan fingerprint density at radius 3 is 2.36 bits per heavy atom. The first kappa shape index (κ1) is 11.9. The molecule has 0 aromatic rings. The third-order valence-electron chi connectivity index (χ3n) is 2.58. The first-order valence-electron chi connectivity index (χ1n) is 5.30. The number of ether oxygens (including phenoxy) is 2. The minimum absolute atomic E-state index is 0.697. The van der Waals surface area contributed by atoms with Gasteiger partial charge in [0.15, 0.2) is 0 Å². The van der Waals surface area contributed by atoms with Crippen LogP contribution < -0.4 is 0 Å². The third-order valence-corrected chi connectivity index (χ3v) is 2.58. The fourth-order valence-corrected chi connectivity index (χ4v) is 1.51. The second-order valence-electron chi connectivity index (χ2n) is 3.75. The monoisotopic (exact) mass is 202 g/mol. The zero-order valence-corrected chi connectivity index (χ0v) is 9.37. The molecule has 1 aliphatic heterocycles. The van der Waals surface area contributed by atoms with Gasteiger partial charge in [-0.05, 0) is 7.05 Å². The highest BCUT2D eigenvalue weighted by Gasteiger charge is 2.12. The fourth-order valence-electron chi connectivity index (χ4n) is 1.51. The van der Waals surface area contributed by atoms with E-state index in [2.05, 4.69) is 16.8 Å². The molecule has 1 aliphatic rings. The summed E-state index contributed by atoms with van der Waals surface area (Å²) in [5.74, 6) is 0. The summed E-state index contributed by atoms with van der Waals surface area (Å²) in [7, 11) is 3.87. The highest BCUT2D eigenvalue weighted by molar-refractivity contribution is 4.68. The number of methoxy groups -OCH3 is 1. The summed E-state index contributed by atoms with van der Waals surface area (Å²) in [6, 6.07) is 0. The molecular weight excluding hydrogens is 180 g/mol. The highest BCUT2D eigenvalue weighted by atomic mass is 16.5. The lowest BCUT2D eigenvalue weighted by molar-refractivity contribution is 0.0486. The van der Waals surface area contributed by atoms with Gasteiger partial charge in [0.05, 0.1) is 19.8 Å². The van der Waals surface area contributed by atoms with E-state index in [0.29, 0.717) is 13.2 Å². The van der Waals surface area contributed by atoms with Crippen LogP contribution in [0.2, 0.25) is 0 Å². The lowest BCUT2D eigenvalue weighted by Crippen LogP contribution is -2.45. The van der Waals surface area contributed by atoms with Crippen molar-refractivity contribution in [2.24, 2.45) is 0 Å². The molecule has 0 amide bonds. The van der Waals surface area contributed by atoms with Crippen LogP contribution in [0.1, 0.15) is 0 Å². The van der Waals surface area contributed by atoms with Crippen LogP contribution in [0.25, 0.3) is 0 Å². The molecule has 0 radical (unpaired) electrons. The van der Waals surface area contributed by atoms with Crippen molar-refractivity contribution in [1.82, 2.24) is 9.80 Å². The Labute approximate surface area is 86.8 Å². The maximum absolute atomic E-state index is 5.42. The average Bonchev–Trinajstić information content (AvgIpc) is 2.21. The van der Waals surface area contributed by atoms with Crippen LogP contribution in [-0.2, 0) is 9.47 Å². The summed E-state index contributed by atoms with van der Waals surface area (Å²) in [5, 5.41) is 0. The van der Waals surface area contributed by atoms with Gasteiger partial charge >= 0.3 is 0 Å². The minimum Gasteiger partial charge on any atom is -0.382 e. The van der Waals surface area contributed by atoms with Crippen molar-refractivity contribution in [3.8, 4) is 0 Å². The Morgan fingerprint density at radius 2 is 1.71 bits per heavy atom. The minimum atomic E-state index is 0.697. The first-order valence-corrected chi connectivity index (χ1v) is 5.30. The molecule has 1 saturated heterocycles. The van der Waals surface area contributed by atoms with Crippen LogP contribution in [-0.4, -0.2) is 76.5 Å². The van der Waals surface area contributed by atoms with E-state index >= 15 is 0 Å². The van der Waals surface area contributed by atoms with Gasteiger partial charge in [0.25, 0.3) is 0 Å². The molecule has 0 aromatic heterocycles. The number of nitrogens with zero attached hydrogens (tertiary/aromatic N) is 2. The van der Waals surface area contributed by atoms with Crippen molar-refractivity contribution in [2.45, 2.75) is 0 Å². The summed E-state index contributed by atoms with van der Waals surface area (Å²) in [4.78, 5) is 4.81. The topological polar surface area (TPSA) is 24.9 Å². The molecule has 1 fully saturated rings. The lowest BCUT2D eigenvalue weighted by atomic mass is 10.3. The zero-order valence-electron chi connectivity index (χ0n) is 9.37. The van der Waals surface area contributed by atoms with Gasteiger partial charge in [-0.3, -0.25) is 4.90 Å². The van der Waals surface area contributed by atoms with Gasteiger partial charge in [-0.15, -0.1) is 0 Å². The molecule has 0 aromatic carbocycles. The van der Waals surface area contributed by atoms with E-state index in [-0.39, 0.29) is 0 Å². The average molecular weight is 202 g/mol. The number of rotatable bonds is 6. The first-order chi connectivity index (χ1) is 6.83. The summed E-state index contributed by atoms with van der Waals surface area (Å²) >= 11 is 0. The van der Waals surface area contributed by atoms with Gasteiger partial charge in [-0.2, -0.15) is 0 Å². The van der Waals surface area contributed by atoms with Crippen LogP contribution in [0.15, 0.2) is 0 Å². The maximum Gasteiger partial charge on any atom is 0.0700 e. The van der Waals surface area contributed by atoms with E-state index in [1.54, 1.807) is 7.11 Å². The van der Waals surface area contributed by atoms with E-state index in [1.165, 1.54) is 26.2 Å².